The van der Waals surface area contributed by atoms with Crippen LogP contribution in [0.5, 0.6) is 0 Å². The minimum atomic E-state index is -3.71. The lowest BCUT2D eigenvalue weighted by molar-refractivity contribution is 0.0996. The third-order valence-electron chi connectivity index (χ3n) is 4.08. The number of para-hydroxylation sites is 1. The summed E-state index contributed by atoms with van der Waals surface area (Å²) in [4.78, 5) is 12.4. The summed E-state index contributed by atoms with van der Waals surface area (Å²) in [5.74, 6) is 0.0215. The van der Waals surface area contributed by atoms with Crippen LogP contribution in [0.15, 0.2) is 59.5 Å². The molecule has 0 unspecified atom stereocenters. The second-order valence-corrected chi connectivity index (χ2v) is 7.13. The van der Waals surface area contributed by atoms with Gasteiger partial charge in [-0.1, -0.05) is 36.4 Å². The van der Waals surface area contributed by atoms with E-state index in [1.54, 1.807) is 42.5 Å². The molecule has 4 rings (SSSR count). The Morgan fingerprint density at radius 1 is 0.864 bits per heavy atom. The maximum atomic E-state index is 13.0. The van der Waals surface area contributed by atoms with Crippen LogP contribution in [-0.4, -0.2) is 18.2 Å². The molecule has 0 bridgehead atoms. The lowest BCUT2D eigenvalue weighted by Crippen LogP contribution is -2.15. The van der Waals surface area contributed by atoms with Crippen LogP contribution in [0.4, 0.5) is 0 Å². The van der Waals surface area contributed by atoms with Crippen LogP contribution in [0.2, 0.25) is 0 Å². The molecule has 1 aromatic heterocycles. The standard InChI is InChI=1S/C17H13NO3S/c19-16-11-10-15-17(16)13-8-4-5-9-14(13)18(15)22(20,21)12-6-2-1-3-7-12/h1-9H,10-11H2. The molecule has 5 heteroatoms. The summed E-state index contributed by atoms with van der Waals surface area (Å²) in [6.07, 6.45) is 0.842. The van der Waals surface area contributed by atoms with Crippen molar-refractivity contribution >= 4 is 26.7 Å². The first-order valence-corrected chi connectivity index (χ1v) is 8.51. The Morgan fingerprint density at radius 2 is 1.55 bits per heavy atom. The molecule has 4 nitrogen and oxygen atoms in total. The number of hydrogen-bond acceptors (Lipinski definition) is 3. The van der Waals surface area contributed by atoms with E-state index < -0.39 is 10.0 Å². The van der Waals surface area contributed by atoms with Crippen molar-refractivity contribution < 1.29 is 13.2 Å². The van der Waals surface area contributed by atoms with E-state index in [9.17, 15) is 13.2 Å². The van der Waals surface area contributed by atoms with Crippen LogP contribution in [0, 0.1) is 0 Å². The van der Waals surface area contributed by atoms with Gasteiger partial charge in [-0.15, -0.1) is 0 Å². The summed E-state index contributed by atoms with van der Waals surface area (Å²) in [5.41, 5.74) is 1.74. The van der Waals surface area contributed by atoms with E-state index in [0.717, 1.165) is 5.39 Å². The van der Waals surface area contributed by atoms with Crippen molar-refractivity contribution in [3.8, 4) is 0 Å². The van der Waals surface area contributed by atoms with Crippen LogP contribution in [-0.2, 0) is 16.4 Å². The van der Waals surface area contributed by atoms with Crippen LogP contribution in [0.25, 0.3) is 10.9 Å². The van der Waals surface area contributed by atoms with Gasteiger partial charge in [0.05, 0.1) is 10.4 Å². The molecule has 1 aliphatic carbocycles. The Labute approximate surface area is 128 Å². The maximum absolute atomic E-state index is 13.0. The first kappa shape index (κ1) is 13.3. The molecule has 110 valence electrons. The molecule has 0 N–H and O–H groups in total. The van der Waals surface area contributed by atoms with Gasteiger partial charge in [0.15, 0.2) is 5.78 Å². The molecule has 2 aromatic carbocycles. The number of carbonyl (C=O) groups excluding carboxylic acids is 1. The van der Waals surface area contributed by atoms with E-state index in [0.29, 0.717) is 29.6 Å². The quantitative estimate of drug-likeness (QED) is 0.731. The first-order valence-electron chi connectivity index (χ1n) is 7.07. The summed E-state index contributed by atoms with van der Waals surface area (Å²) >= 11 is 0. The van der Waals surface area contributed by atoms with Crippen molar-refractivity contribution in [1.82, 2.24) is 3.97 Å². The Kier molecular flexibility index (Phi) is 2.74. The van der Waals surface area contributed by atoms with Crippen molar-refractivity contribution in [3.05, 3.63) is 65.9 Å². The summed E-state index contributed by atoms with van der Waals surface area (Å²) in [6, 6.07) is 15.5. The number of rotatable bonds is 2. The number of benzene rings is 2. The Morgan fingerprint density at radius 3 is 2.32 bits per heavy atom. The van der Waals surface area contributed by atoms with Crippen molar-refractivity contribution in [1.29, 1.82) is 0 Å². The normalized spacial score (nSPS) is 14.5. The zero-order valence-electron chi connectivity index (χ0n) is 11.7. The van der Waals surface area contributed by atoms with Gasteiger partial charge in [0.25, 0.3) is 10.0 Å². The molecule has 0 atom stereocenters. The smallest absolute Gasteiger partial charge is 0.268 e. The molecule has 0 spiro atoms. The predicted molar refractivity (Wildman–Crippen MR) is 83.6 cm³/mol. The third kappa shape index (κ3) is 1.69. The van der Waals surface area contributed by atoms with Crippen LogP contribution >= 0.6 is 0 Å². The minimum Gasteiger partial charge on any atom is -0.294 e. The molecule has 3 aromatic rings. The summed E-state index contributed by atoms with van der Waals surface area (Å²) in [7, 11) is -3.71. The molecule has 0 radical (unpaired) electrons. The fraction of sp³-hybridized carbons (Fsp3) is 0.118. The Bertz CT molecular complexity index is 1000. The summed E-state index contributed by atoms with van der Waals surface area (Å²) < 4.78 is 27.4. The average Bonchev–Trinajstić information content (AvgIpc) is 3.06. The van der Waals surface area contributed by atoms with Crippen molar-refractivity contribution in [3.63, 3.8) is 0 Å². The van der Waals surface area contributed by atoms with Gasteiger partial charge in [-0.05, 0) is 24.6 Å². The fourth-order valence-electron chi connectivity index (χ4n) is 3.13. The van der Waals surface area contributed by atoms with Crippen molar-refractivity contribution in [2.24, 2.45) is 0 Å². The monoisotopic (exact) mass is 311 g/mol. The van der Waals surface area contributed by atoms with Crippen molar-refractivity contribution in [2.45, 2.75) is 17.7 Å². The second-order valence-electron chi connectivity index (χ2n) is 5.34. The van der Waals surface area contributed by atoms with Crippen molar-refractivity contribution in [2.75, 3.05) is 0 Å². The van der Waals surface area contributed by atoms with Crippen LogP contribution in [0.1, 0.15) is 22.5 Å². The molecule has 22 heavy (non-hydrogen) atoms. The predicted octanol–water partition coefficient (Wildman–Crippen LogP) is 3.01. The van der Waals surface area contributed by atoms with Gasteiger partial charge in [0.1, 0.15) is 0 Å². The number of fused-ring (bicyclic) bond motifs is 3. The van der Waals surface area contributed by atoms with E-state index in [-0.39, 0.29) is 10.7 Å². The van der Waals surface area contributed by atoms with Gasteiger partial charge >= 0.3 is 0 Å². The molecule has 0 amide bonds. The number of nitrogens with zero attached hydrogens (tertiary/aromatic N) is 1. The summed E-state index contributed by atoms with van der Waals surface area (Å²) in [6.45, 7) is 0. The molecule has 1 aliphatic rings. The van der Waals surface area contributed by atoms with E-state index in [4.69, 9.17) is 0 Å². The largest absolute Gasteiger partial charge is 0.294 e. The number of ketones is 1. The van der Waals surface area contributed by atoms with Gasteiger partial charge in [-0.25, -0.2) is 12.4 Å². The minimum absolute atomic E-state index is 0.0215. The highest BCUT2D eigenvalue weighted by atomic mass is 32.2. The highest BCUT2D eigenvalue weighted by Crippen LogP contribution is 2.35. The molecular weight excluding hydrogens is 298 g/mol. The van der Waals surface area contributed by atoms with E-state index in [2.05, 4.69) is 0 Å². The van der Waals surface area contributed by atoms with E-state index in [1.807, 2.05) is 12.1 Å². The topological polar surface area (TPSA) is 56.1 Å². The lowest BCUT2D eigenvalue weighted by atomic mass is 10.1. The summed E-state index contributed by atoms with van der Waals surface area (Å²) in [5, 5.41) is 0.722. The van der Waals surface area contributed by atoms with E-state index in [1.165, 1.54) is 3.97 Å². The Hall–Kier alpha value is -2.40. The zero-order chi connectivity index (χ0) is 15.3. The number of carbonyl (C=O) groups is 1. The lowest BCUT2D eigenvalue weighted by Gasteiger charge is -2.10. The highest BCUT2D eigenvalue weighted by molar-refractivity contribution is 7.90. The number of Topliss-reactive ketones (excluding diaryl/α,β-unsaturated/α-hetero) is 1. The van der Waals surface area contributed by atoms with Gasteiger partial charge in [-0.3, -0.25) is 4.79 Å². The molecular formula is C17H13NO3S. The van der Waals surface area contributed by atoms with Crippen LogP contribution < -0.4 is 0 Å². The van der Waals surface area contributed by atoms with E-state index >= 15 is 0 Å². The zero-order valence-corrected chi connectivity index (χ0v) is 12.5. The molecule has 0 fully saturated rings. The Balaban J connectivity index is 2.11. The first-order chi connectivity index (χ1) is 10.6. The number of hydrogen-bond donors (Lipinski definition) is 0. The van der Waals surface area contributed by atoms with Crippen LogP contribution in [0.3, 0.4) is 0 Å². The molecule has 0 aliphatic heterocycles. The third-order valence-corrected chi connectivity index (χ3v) is 5.84. The molecule has 0 saturated carbocycles. The molecule has 0 saturated heterocycles. The second kappa shape index (κ2) is 4.55. The highest BCUT2D eigenvalue weighted by Gasteiger charge is 2.32. The SMILES string of the molecule is O=C1CCc2c1c1ccccc1n2S(=O)(=O)c1ccccc1. The van der Waals surface area contributed by atoms with Gasteiger partial charge in [0.2, 0.25) is 0 Å². The maximum Gasteiger partial charge on any atom is 0.268 e. The van der Waals surface area contributed by atoms with Gasteiger partial charge in [0, 0.05) is 23.1 Å². The number of aromatic nitrogens is 1. The molecule has 1 heterocycles. The van der Waals surface area contributed by atoms with Gasteiger partial charge in [-0.2, -0.15) is 0 Å². The average molecular weight is 311 g/mol. The fourth-order valence-corrected chi connectivity index (χ4v) is 4.73. The van der Waals surface area contributed by atoms with Gasteiger partial charge < -0.3 is 0 Å².